The summed E-state index contributed by atoms with van der Waals surface area (Å²) in [6.07, 6.45) is 0.484. The van der Waals surface area contributed by atoms with E-state index < -0.39 is 6.10 Å². The molecule has 1 aliphatic heterocycles. The summed E-state index contributed by atoms with van der Waals surface area (Å²) in [5.74, 6) is 1.13. The number of fused-ring (bicyclic) bond motifs is 1. The smallest absolute Gasteiger partial charge is 0.267 e. The maximum atomic E-state index is 12.5. The van der Waals surface area contributed by atoms with Gasteiger partial charge in [-0.15, -0.1) is 0 Å². The predicted octanol–water partition coefficient (Wildman–Crippen LogP) is 2.41. The molecule has 1 aromatic carbocycles. The van der Waals surface area contributed by atoms with Crippen LogP contribution in [0.2, 0.25) is 0 Å². The highest BCUT2D eigenvalue weighted by molar-refractivity contribution is 5.99. The topological polar surface area (TPSA) is 58.8 Å². The monoisotopic (exact) mass is 319 g/mol. The van der Waals surface area contributed by atoms with E-state index in [0.717, 1.165) is 30.0 Å². The Labute approximate surface area is 139 Å². The van der Waals surface area contributed by atoms with Crippen molar-refractivity contribution < 1.29 is 9.53 Å². The van der Waals surface area contributed by atoms with Crippen molar-refractivity contribution in [2.45, 2.75) is 39.3 Å². The van der Waals surface area contributed by atoms with Crippen molar-refractivity contribution in [3.05, 3.63) is 23.8 Å². The molecule has 5 nitrogen and oxygen atoms in total. The molecule has 2 unspecified atom stereocenters. The number of hydrogen-bond donors (Lipinski definition) is 1. The second-order valence-corrected chi connectivity index (χ2v) is 6.90. The quantitative estimate of drug-likeness (QED) is 0.875. The van der Waals surface area contributed by atoms with Crippen LogP contribution in [0.1, 0.15) is 38.8 Å². The van der Waals surface area contributed by atoms with Gasteiger partial charge >= 0.3 is 0 Å². The predicted molar refractivity (Wildman–Crippen MR) is 93.8 cm³/mol. The first-order valence-electron chi connectivity index (χ1n) is 8.33. The summed E-state index contributed by atoms with van der Waals surface area (Å²) in [6.45, 7) is 7.64. The fourth-order valence-electron chi connectivity index (χ4n) is 2.79. The lowest BCUT2D eigenvalue weighted by Crippen LogP contribution is -2.45. The summed E-state index contributed by atoms with van der Waals surface area (Å²) in [5, 5.41) is 0. The maximum Gasteiger partial charge on any atom is 0.267 e. The van der Waals surface area contributed by atoms with E-state index >= 15 is 0 Å². The van der Waals surface area contributed by atoms with Gasteiger partial charge in [-0.3, -0.25) is 4.79 Å². The summed E-state index contributed by atoms with van der Waals surface area (Å²) in [7, 11) is 4.08. The third-order valence-corrected chi connectivity index (χ3v) is 4.28. The number of ether oxygens (including phenoxy) is 1. The lowest BCUT2D eigenvalue weighted by atomic mass is 9.96. The molecule has 2 atom stereocenters. The van der Waals surface area contributed by atoms with Crippen LogP contribution >= 0.6 is 0 Å². The molecule has 1 amide bonds. The minimum absolute atomic E-state index is 0.0199. The summed E-state index contributed by atoms with van der Waals surface area (Å²) in [5.41, 5.74) is 8.16. The summed E-state index contributed by atoms with van der Waals surface area (Å²) in [6, 6.07) is 5.91. The van der Waals surface area contributed by atoms with E-state index in [1.165, 1.54) is 0 Å². The molecule has 2 N–H and O–H groups in total. The Bertz CT molecular complexity index is 557. The van der Waals surface area contributed by atoms with Crippen molar-refractivity contribution in [2.75, 3.05) is 32.1 Å². The van der Waals surface area contributed by atoms with Gasteiger partial charge in [0.25, 0.3) is 5.91 Å². The number of amides is 1. The molecule has 1 aromatic rings. The van der Waals surface area contributed by atoms with Crippen molar-refractivity contribution in [3.63, 3.8) is 0 Å². The largest absolute Gasteiger partial charge is 0.479 e. The van der Waals surface area contributed by atoms with Gasteiger partial charge in [-0.2, -0.15) is 0 Å². The molecular formula is C18H29N3O2. The number of nitrogens with zero attached hydrogens (tertiary/aromatic N) is 2. The average Bonchev–Trinajstić information content (AvgIpc) is 2.49. The molecule has 0 aromatic heterocycles. The molecule has 0 saturated heterocycles. The van der Waals surface area contributed by atoms with Crippen LogP contribution < -0.4 is 15.4 Å². The van der Waals surface area contributed by atoms with Crippen LogP contribution in [0.4, 0.5) is 5.69 Å². The Morgan fingerprint density at radius 2 is 2.04 bits per heavy atom. The van der Waals surface area contributed by atoms with Crippen molar-refractivity contribution in [1.29, 1.82) is 0 Å². The van der Waals surface area contributed by atoms with Gasteiger partial charge in [0.2, 0.25) is 0 Å². The van der Waals surface area contributed by atoms with E-state index in [2.05, 4.69) is 18.7 Å². The van der Waals surface area contributed by atoms with Gasteiger partial charge in [-0.1, -0.05) is 19.9 Å². The van der Waals surface area contributed by atoms with Crippen LogP contribution in [0.25, 0.3) is 0 Å². The molecule has 5 heteroatoms. The van der Waals surface area contributed by atoms with Gasteiger partial charge in [0.15, 0.2) is 6.10 Å². The Kier molecular flexibility index (Phi) is 5.65. The zero-order chi connectivity index (χ0) is 17.1. The first kappa shape index (κ1) is 17.8. The van der Waals surface area contributed by atoms with Gasteiger partial charge in [0, 0.05) is 12.6 Å². The van der Waals surface area contributed by atoms with E-state index in [4.69, 9.17) is 10.5 Å². The molecule has 1 heterocycles. The molecule has 0 aliphatic carbocycles. The Balaban J connectivity index is 2.29. The zero-order valence-corrected chi connectivity index (χ0v) is 14.9. The van der Waals surface area contributed by atoms with E-state index in [1.807, 2.05) is 37.2 Å². The summed E-state index contributed by atoms with van der Waals surface area (Å²) < 4.78 is 5.75. The van der Waals surface area contributed by atoms with Crippen LogP contribution in [0.3, 0.4) is 0 Å². The highest BCUT2D eigenvalue weighted by Gasteiger charge is 2.31. The van der Waals surface area contributed by atoms with E-state index in [1.54, 1.807) is 6.92 Å². The Morgan fingerprint density at radius 1 is 1.35 bits per heavy atom. The first-order chi connectivity index (χ1) is 10.8. The minimum atomic E-state index is -0.438. The van der Waals surface area contributed by atoms with Crippen molar-refractivity contribution in [2.24, 2.45) is 11.7 Å². The number of anilines is 1. The van der Waals surface area contributed by atoms with E-state index in [0.29, 0.717) is 12.5 Å². The van der Waals surface area contributed by atoms with Crippen LogP contribution in [0.15, 0.2) is 18.2 Å². The second-order valence-electron chi connectivity index (χ2n) is 6.90. The molecule has 0 saturated carbocycles. The summed E-state index contributed by atoms with van der Waals surface area (Å²) in [4.78, 5) is 16.5. The lowest BCUT2D eigenvalue weighted by molar-refractivity contribution is -0.125. The normalized spacial score (nSPS) is 19.0. The molecule has 0 radical (unpaired) electrons. The van der Waals surface area contributed by atoms with Gasteiger partial charge in [-0.25, -0.2) is 0 Å². The van der Waals surface area contributed by atoms with Gasteiger partial charge in [0.05, 0.1) is 5.69 Å². The van der Waals surface area contributed by atoms with Gasteiger partial charge in [0.1, 0.15) is 5.75 Å². The zero-order valence-electron chi connectivity index (χ0n) is 14.9. The maximum absolute atomic E-state index is 12.5. The number of carbonyl (C=O) groups is 1. The molecule has 1 aliphatic rings. The number of nitrogens with two attached hydrogens (primary N) is 1. The highest BCUT2D eigenvalue weighted by atomic mass is 16.5. The van der Waals surface area contributed by atoms with Crippen LogP contribution in [0.5, 0.6) is 5.75 Å². The molecular weight excluding hydrogens is 290 g/mol. The minimum Gasteiger partial charge on any atom is -0.479 e. The first-order valence-corrected chi connectivity index (χ1v) is 8.33. The van der Waals surface area contributed by atoms with Crippen LogP contribution in [-0.2, 0) is 4.79 Å². The van der Waals surface area contributed by atoms with E-state index in [-0.39, 0.29) is 11.9 Å². The fraction of sp³-hybridized carbons (Fsp3) is 0.611. The van der Waals surface area contributed by atoms with Crippen molar-refractivity contribution >= 4 is 11.6 Å². The number of carbonyl (C=O) groups excluding carboxylic acids is 1. The Hall–Kier alpha value is -1.59. The molecule has 0 fully saturated rings. The van der Waals surface area contributed by atoms with Crippen LogP contribution in [-0.4, -0.2) is 44.1 Å². The molecule has 23 heavy (non-hydrogen) atoms. The fourth-order valence-corrected chi connectivity index (χ4v) is 2.79. The number of benzene rings is 1. The molecule has 128 valence electrons. The number of rotatable bonds is 6. The van der Waals surface area contributed by atoms with E-state index in [9.17, 15) is 4.79 Å². The average molecular weight is 319 g/mol. The standard InChI is InChI=1S/C18H29N3O2/c1-12(2)17(19)14-7-8-16-15(11-14)21(10-6-9-20(4)5)18(22)13(3)23-16/h7-8,11-13,17H,6,9-10,19H2,1-5H3. The third-order valence-electron chi connectivity index (χ3n) is 4.28. The molecule has 0 spiro atoms. The van der Waals surface area contributed by atoms with Crippen LogP contribution in [0, 0.1) is 5.92 Å². The van der Waals surface area contributed by atoms with Gasteiger partial charge in [-0.05, 0) is 57.6 Å². The second kappa shape index (κ2) is 7.32. The number of hydrogen-bond acceptors (Lipinski definition) is 4. The Morgan fingerprint density at radius 3 is 2.65 bits per heavy atom. The molecule has 2 rings (SSSR count). The van der Waals surface area contributed by atoms with Gasteiger partial charge < -0.3 is 20.3 Å². The van der Waals surface area contributed by atoms with Crippen molar-refractivity contribution in [1.82, 2.24) is 4.90 Å². The van der Waals surface area contributed by atoms with Crippen molar-refractivity contribution in [3.8, 4) is 5.75 Å². The molecule has 0 bridgehead atoms. The third kappa shape index (κ3) is 4.03. The summed E-state index contributed by atoms with van der Waals surface area (Å²) >= 11 is 0. The highest BCUT2D eigenvalue weighted by Crippen LogP contribution is 2.36. The lowest BCUT2D eigenvalue weighted by Gasteiger charge is -2.34. The SMILES string of the molecule is CC1Oc2ccc(C(N)C(C)C)cc2N(CCCN(C)C)C1=O.